The second-order valence-electron chi connectivity index (χ2n) is 6.94. The number of ether oxygens (including phenoxy) is 1. The lowest BCUT2D eigenvalue weighted by Gasteiger charge is -2.11. The van der Waals surface area contributed by atoms with Gasteiger partial charge < -0.3 is 10.1 Å². The predicted octanol–water partition coefficient (Wildman–Crippen LogP) is 4.96. The third kappa shape index (κ3) is 4.14. The Balaban J connectivity index is 1.58. The van der Waals surface area contributed by atoms with Crippen LogP contribution in [0.5, 0.6) is 5.75 Å². The Morgan fingerprint density at radius 3 is 2.67 bits per heavy atom. The highest BCUT2D eigenvalue weighted by Gasteiger charge is 2.15. The fraction of sp³-hybridized carbons (Fsp3) is 0.174. The van der Waals surface area contributed by atoms with Crippen LogP contribution >= 0.6 is 11.6 Å². The molecule has 0 aliphatic rings. The molecule has 0 saturated heterocycles. The second-order valence-corrected chi connectivity index (χ2v) is 7.35. The Morgan fingerprint density at radius 2 is 1.93 bits per heavy atom. The summed E-state index contributed by atoms with van der Waals surface area (Å²) in [6, 6.07) is 17.5. The third-order valence-corrected chi connectivity index (χ3v) is 5.06. The van der Waals surface area contributed by atoms with E-state index >= 15 is 0 Å². The first-order valence-corrected chi connectivity index (χ1v) is 9.96. The van der Waals surface area contributed by atoms with Gasteiger partial charge in [-0.2, -0.15) is 0 Å². The topological polar surface area (TPSA) is 69.0 Å². The quantitative estimate of drug-likeness (QED) is 0.478. The molecule has 1 amide bonds. The van der Waals surface area contributed by atoms with Crippen molar-refractivity contribution in [3.8, 4) is 11.4 Å². The molecule has 4 aromatic rings. The number of benzene rings is 2. The van der Waals surface area contributed by atoms with E-state index in [0.717, 1.165) is 33.9 Å². The molecule has 152 valence electrons. The number of amides is 1. The molecular formula is C23H21ClN4O2. The van der Waals surface area contributed by atoms with Gasteiger partial charge in [-0.05, 0) is 55.0 Å². The van der Waals surface area contributed by atoms with E-state index in [-0.39, 0.29) is 12.3 Å². The minimum Gasteiger partial charge on any atom is -0.497 e. The van der Waals surface area contributed by atoms with Crippen LogP contribution in [0, 0.1) is 6.92 Å². The molecule has 0 aliphatic carbocycles. The molecule has 1 N–H and O–H groups in total. The van der Waals surface area contributed by atoms with Crippen LogP contribution in [0.15, 0.2) is 60.8 Å². The molecule has 7 heteroatoms. The van der Waals surface area contributed by atoms with Gasteiger partial charge in [-0.3, -0.25) is 9.36 Å². The monoisotopic (exact) mass is 420 g/mol. The second kappa shape index (κ2) is 8.55. The van der Waals surface area contributed by atoms with Crippen LogP contribution < -0.4 is 10.1 Å². The lowest BCUT2D eigenvalue weighted by atomic mass is 10.2. The number of hydrogen-bond acceptors (Lipinski definition) is 4. The highest BCUT2D eigenvalue weighted by molar-refractivity contribution is 6.33. The molecule has 6 nitrogen and oxygen atoms in total. The summed E-state index contributed by atoms with van der Waals surface area (Å²) in [6.45, 7) is 1.90. The summed E-state index contributed by atoms with van der Waals surface area (Å²) >= 11 is 6.17. The van der Waals surface area contributed by atoms with E-state index in [1.165, 1.54) is 0 Å². The number of imidazole rings is 1. The third-order valence-electron chi connectivity index (χ3n) is 4.77. The van der Waals surface area contributed by atoms with Crippen LogP contribution in [0.2, 0.25) is 5.02 Å². The number of anilines is 1. The van der Waals surface area contributed by atoms with Gasteiger partial charge in [-0.25, -0.2) is 9.97 Å². The van der Waals surface area contributed by atoms with Crippen LogP contribution in [-0.4, -0.2) is 27.6 Å². The van der Waals surface area contributed by atoms with Crippen LogP contribution in [0.3, 0.4) is 0 Å². The number of halogens is 1. The maximum atomic E-state index is 12.5. The zero-order chi connectivity index (χ0) is 21.1. The van der Waals surface area contributed by atoms with Crippen molar-refractivity contribution in [2.75, 3.05) is 12.4 Å². The molecule has 0 aliphatic heterocycles. The number of carbonyl (C=O) groups excluding carboxylic acids is 1. The fourth-order valence-corrected chi connectivity index (χ4v) is 3.58. The van der Waals surface area contributed by atoms with Crippen molar-refractivity contribution < 1.29 is 9.53 Å². The molecule has 2 aromatic heterocycles. The fourth-order valence-electron chi connectivity index (χ4n) is 3.31. The van der Waals surface area contributed by atoms with Gasteiger partial charge in [0.1, 0.15) is 11.6 Å². The number of aromatic nitrogens is 3. The van der Waals surface area contributed by atoms with Gasteiger partial charge in [0, 0.05) is 24.7 Å². The zero-order valence-corrected chi connectivity index (χ0v) is 17.5. The number of carbonyl (C=O) groups is 1. The zero-order valence-electron chi connectivity index (χ0n) is 16.7. The molecule has 0 unspecified atom stereocenters. The Labute approximate surface area is 179 Å². The van der Waals surface area contributed by atoms with Gasteiger partial charge in [0.25, 0.3) is 0 Å². The van der Waals surface area contributed by atoms with Gasteiger partial charge in [-0.1, -0.05) is 23.7 Å². The molecule has 0 saturated carbocycles. The predicted molar refractivity (Wildman–Crippen MR) is 119 cm³/mol. The minimum atomic E-state index is -0.165. The summed E-state index contributed by atoms with van der Waals surface area (Å²) in [5.41, 5.74) is 3.77. The highest BCUT2D eigenvalue weighted by Crippen LogP contribution is 2.25. The van der Waals surface area contributed by atoms with Crippen LogP contribution in [0.25, 0.3) is 16.7 Å². The van der Waals surface area contributed by atoms with Crippen molar-refractivity contribution in [3.05, 3.63) is 77.2 Å². The van der Waals surface area contributed by atoms with Crippen LogP contribution in [-0.2, 0) is 11.2 Å². The number of nitrogens with zero attached hydrogens (tertiary/aromatic N) is 3. The van der Waals surface area contributed by atoms with Gasteiger partial charge in [-0.15, -0.1) is 0 Å². The van der Waals surface area contributed by atoms with Gasteiger partial charge in [0.2, 0.25) is 5.91 Å². The van der Waals surface area contributed by atoms with E-state index in [9.17, 15) is 4.79 Å². The summed E-state index contributed by atoms with van der Waals surface area (Å²) in [7, 11) is 1.64. The number of hydrogen-bond donors (Lipinski definition) is 1. The van der Waals surface area contributed by atoms with Crippen LogP contribution in [0.1, 0.15) is 17.8 Å². The van der Waals surface area contributed by atoms with Crippen LogP contribution in [0.4, 0.5) is 5.82 Å². The lowest BCUT2D eigenvalue weighted by Crippen LogP contribution is -2.15. The molecular weight excluding hydrogens is 400 g/mol. The number of pyridine rings is 1. The normalized spacial score (nSPS) is 10.9. The molecule has 2 heterocycles. The number of fused-ring (bicyclic) bond motifs is 1. The average Bonchev–Trinajstić information content (AvgIpc) is 3.13. The molecule has 0 spiro atoms. The number of methoxy groups -OCH3 is 1. The largest absolute Gasteiger partial charge is 0.497 e. The molecule has 0 atom stereocenters. The molecule has 0 radical (unpaired) electrons. The van der Waals surface area contributed by atoms with Crippen molar-refractivity contribution in [1.82, 2.24) is 14.5 Å². The maximum Gasteiger partial charge on any atom is 0.226 e. The van der Waals surface area contributed by atoms with E-state index in [0.29, 0.717) is 17.3 Å². The molecule has 0 bridgehead atoms. The number of aryl methyl sites for hydroxylation is 2. The summed E-state index contributed by atoms with van der Waals surface area (Å²) < 4.78 is 7.33. The van der Waals surface area contributed by atoms with Crippen molar-refractivity contribution in [1.29, 1.82) is 0 Å². The van der Waals surface area contributed by atoms with Gasteiger partial charge in [0.05, 0.1) is 23.2 Å². The SMILES string of the molecule is COc1ccc(-n2c(CCC(=O)Nc3ncc(C)cc3Cl)nc3ccccc32)cc1. The smallest absolute Gasteiger partial charge is 0.226 e. The Bertz CT molecular complexity index is 1200. The van der Waals surface area contributed by atoms with E-state index in [1.807, 2.05) is 55.5 Å². The first-order chi connectivity index (χ1) is 14.5. The maximum absolute atomic E-state index is 12.5. The Hall–Kier alpha value is -3.38. The average molecular weight is 421 g/mol. The van der Waals surface area contributed by atoms with Crippen molar-refractivity contribution in [2.45, 2.75) is 19.8 Å². The van der Waals surface area contributed by atoms with E-state index < -0.39 is 0 Å². The summed E-state index contributed by atoms with van der Waals surface area (Å²) in [6.07, 6.45) is 2.39. The number of rotatable bonds is 6. The summed E-state index contributed by atoms with van der Waals surface area (Å²) in [4.78, 5) is 21.4. The standard InChI is InChI=1S/C23H21ClN4O2/c1-15-13-18(24)23(25-14-15)27-22(29)12-11-21-26-19-5-3-4-6-20(19)28(21)16-7-9-17(30-2)10-8-16/h3-10,13-14H,11-12H2,1-2H3,(H,25,27,29). The first kappa shape index (κ1) is 19.9. The van der Waals surface area contributed by atoms with Crippen molar-refractivity contribution >= 4 is 34.4 Å². The molecule has 4 rings (SSSR count). The lowest BCUT2D eigenvalue weighted by molar-refractivity contribution is -0.116. The van der Waals surface area contributed by atoms with E-state index in [1.54, 1.807) is 19.4 Å². The van der Waals surface area contributed by atoms with Gasteiger partial charge >= 0.3 is 0 Å². The highest BCUT2D eigenvalue weighted by atomic mass is 35.5. The van der Waals surface area contributed by atoms with E-state index in [4.69, 9.17) is 21.3 Å². The Kier molecular flexibility index (Phi) is 5.68. The summed E-state index contributed by atoms with van der Waals surface area (Å²) in [5.74, 6) is 1.79. The van der Waals surface area contributed by atoms with Crippen molar-refractivity contribution in [2.24, 2.45) is 0 Å². The van der Waals surface area contributed by atoms with Gasteiger partial charge in [0.15, 0.2) is 5.82 Å². The molecule has 2 aromatic carbocycles. The molecule has 30 heavy (non-hydrogen) atoms. The number of nitrogens with one attached hydrogen (secondary N) is 1. The molecule has 0 fully saturated rings. The summed E-state index contributed by atoms with van der Waals surface area (Å²) in [5, 5.41) is 3.21. The Morgan fingerprint density at radius 1 is 1.17 bits per heavy atom. The van der Waals surface area contributed by atoms with Crippen molar-refractivity contribution in [3.63, 3.8) is 0 Å². The van der Waals surface area contributed by atoms with E-state index in [2.05, 4.69) is 14.9 Å². The minimum absolute atomic E-state index is 0.165. The number of para-hydroxylation sites is 2. The first-order valence-electron chi connectivity index (χ1n) is 9.58.